The second-order valence-electron chi connectivity index (χ2n) is 7.21. The molecule has 1 unspecified atom stereocenters. The molecule has 7 nitrogen and oxygen atoms in total. The molecule has 148 valence electrons. The maximum Gasteiger partial charge on any atom is 0.188 e. The first-order chi connectivity index (χ1) is 13.5. The summed E-state index contributed by atoms with van der Waals surface area (Å²) in [6.45, 7) is 9.54. The Morgan fingerprint density at radius 3 is 2.82 bits per heavy atom. The Hall–Kier alpha value is -2.29. The van der Waals surface area contributed by atoms with Gasteiger partial charge in [0.05, 0.1) is 24.2 Å². The number of pyridine rings is 1. The molecule has 0 bridgehead atoms. The van der Waals surface area contributed by atoms with Gasteiger partial charge in [-0.3, -0.25) is 9.58 Å². The molecule has 28 heavy (non-hydrogen) atoms. The molecule has 1 aliphatic heterocycles. The molecular formula is C20H26N6OS. The van der Waals surface area contributed by atoms with Crippen LogP contribution in [0.2, 0.25) is 0 Å². The van der Waals surface area contributed by atoms with E-state index in [2.05, 4.69) is 34.1 Å². The highest BCUT2D eigenvalue weighted by molar-refractivity contribution is 7.15. The molecule has 0 saturated carbocycles. The maximum absolute atomic E-state index is 6.03. The summed E-state index contributed by atoms with van der Waals surface area (Å²) in [5.74, 6) is 0.801. The van der Waals surface area contributed by atoms with Crippen LogP contribution in [-0.2, 0) is 18.3 Å². The summed E-state index contributed by atoms with van der Waals surface area (Å²) < 4.78 is 7.95. The van der Waals surface area contributed by atoms with Crippen molar-refractivity contribution in [2.75, 3.05) is 25.0 Å². The van der Waals surface area contributed by atoms with Gasteiger partial charge in [0.1, 0.15) is 11.9 Å². The van der Waals surface area contributed by atoms with E-state index < -0.39 is 0 Å². The normalized spacial score (nSPS) is 17.8. The number of nitrogens with zero attached hydrogens (tertiary/aromatic N) is 5. The van der Waals surface area contributed by atoms with E-state index in [0.717, 1.165) is 42.0 Å². The zero-order chi connectivity index (χ0) is 19.7. The number of aryl methyl sites for hydroxylation is 3. The third-order valence-corrected chi connectivity index (χ3v) is 6.23. The van der Waals surface area contributed by atoms with E-state index in [9.17, 15) is 0 Å². The molecule has 0 spiro atoms. The van der Waals surface area contributed by atoms with Crippen molar-refractivity contribution in [3.05, 3.63) is 51.9 Å². The number of ether oxygens (including phenoxy) is 1. The minimum absolute atomic E-state index is 0.0350. The quantitative estimate of drug-likeness (QED) is 0.709. The van der Waals surface area contributed by atoms with Crippen LogP contribution >= 0.6 is 11.3 Å². The smallest absolute Gasteiger partial charge is 0.188 e. The lowest BCUT2D eigenvalue weighted by Gasteiger charge is -2.32. The van der Waals surface area contributed by atoms with Crippen LogP contribution < -0.4 is 5.32 Å². The lowest BCUT2D eigenvalue weighted by Crippen LogP contribution is -2.38. The summed E-state index contributed by atoms with van der Waals surface area (Å²) in [5, 5.41) is 8.55. The lowest BCUT2D eigenvalue weighted by atomic mass is 10.1. The van der Waals surface area contributed by atoms with E-state index in [-0.39, 0.29) is 6.10 Å². The van der Waals surface area contributed by atoms with Crippen molar-refractivity contribution in [3.8, 4) is 0 Å². The zero-order valence-corrected chi connectivity index (χ0v) is 17.6. The molecule has 4 rings (SSSR count). The summed E-state index contributed by atoms with van der Waals surface area (Å²) in [7, 11) is 1.98. The predicted molar refractivity (Wildman–Crippen MR) is 111 cm³/mol. The highest BCUT2D eigenvalue weighted by Crippen LogP contribution is 2.27. The van der Waals surface area contributed by atoms with Gasteiger partial charge in [-0.25, -0.2) is 9.97 Å². The summed E-state index contributed by atoms with van der Waals surface area (Å²) in [5.41, 5.74) is 4.48. The average molecular weight is 399 g/mol. The molecule has 0 radical (unpaired) electrons. The SMILES string of the molecule is Cc1nc(Nc2cccc(C3CN(Cc4cnn(C)c4C)CCO3)n2)sc1C. The van der Waals surface area contributed by atoms with Crippen LogP contribution in [0.1, 0.15) is 33.6 Å². The molecule has 3 aromatic rings. The van der Waals surface area contributed by atoms with Crippen molar-refractivity contribution in [1.29, 1.82) is 0 Å². The molecular weight excluding hydrogens is 372 g/mol. The topological polar surface area (TPSA) is 68.1 Å². The Morgan fingerprint density at radius 2 is 2.11 bits per heavy atom. The molecule has 1 fully saturated rings. The fourth-order valence-corrected chi connectivity index (χ4v) is 4.12. The van der Waals surface area contributed by atoms with Crippen molar-refractivity contribution in [1.82, 2.24) is 24.6 Å². The van der Waals surface area contributed by atoms with E-state index in [0.29, 0.717) is 6.61 Å². The molecule has 1 N–H and O–H groups in total. The second kappa shape index (κ2) is 7.98. The number of thiazole rings is 1. The van der Waals surface area contributed by atoms with Gasteiger partial charge in [0.25, 0.3) is 0 Å². The fourth-order valence-electron chi connectivity index (χ4n) is 3.30. The summed E-state index contributed by atoms with van der Waals surface area (Å²) in [6.07, 6.45) is 1.92. The van der Waals surface area contributed by atoms with Crippen molar-refractivity contribution in [2.24, 2.45) is 7.05 Å². The fraction of sp³-hybridized carbons (Fsp3) is 0.450. The van der Waals surface area contributed by atoms with E-state index in [1.807, 2.05) is 43.0 Å². The number of morpholine rings is 1. The van der Waals surface area contributed by atoms with Crippen LogP contribution in [0.3, 0.4) is 0 Å². The molecule has 0 amide bonds. The van der Waals surface area contributed by atoms with Crippen LogP contribution in [0.25, 0.3) is 0 Å². The molecule has 1 aliphatic rings. The predicted octanol–water partition coefficient (Wildman–Crippen LogP) is 3.51. The van der Waals surface area contributed by atoms with E-state index in [4.69, 9.17) is 9.72 Å². The largest absolute Gasteiger partial charge is 0.369 e. The van der Waals surface area contributed by atoms with E-state index in [1.165, 1.54) is 16.1 Å². The van der Waals surface area contributed by atoms with E-state index in [1.54, 1.807) is 11.3 Å². The minimum Gasteiger partial charge on any atom is -0.369 e. The number of anilines is 2. The first-order valence-electron chi connectivity index (χ1n) is 9.49. The van der Waals surface area contributed by atoms with Gasteiger partial charge in [0.2, 0.25) is 0 Å². The standard InChI is InChI=1S/C20H26N6OS/c1-13-15(3)28-20(22-13)24-19-7-5-6-17(23-19)18-12-26(8-9-27-18)11-16-10-21-25(4)14(16)2/h5-7,10,18H,8-9,11-12H2,1-4H3,(H,22,23,24). The van der Waals surface area contributed by atoms with E-state index >= 15 is 0 Å². The lowest BCUT2D eigenvalue weighted by molar-refractivity contribution is -0.0349. The van der Waals surface area contributed by atoms with Crippen LogP contribution in [-0.4, -0.2) is 44.3 Å². The van der Waals surface area contributed by atoms with Crippen molar-refractivity contribution in [3.63, 3.8) is 0 Å². The monoisotopic (exact) mass is 398 g/mol. The Bertz CT molecular complexity index is 946. The van der Waals surface area contributed by atoms with Gasteiger partial charge >= 0.3 is 0 Å². The number of aromatic nitrogens is 4. The minimum atomic E-state index is -0.0350. The Balaban J connectivity index is 1.45. The van der Waals surface area contributed by atoms with Gasteiger partial charge in [-0.15, -0.1) is 11.3 Å². The van der Waals surface area contributed by atoms with Gasteiger partial charge in [0, 0.05) is 42.8 Å². The highest BCUT2D eigenvalue weighted by atomic mass is 32.1. The molecule has 4 heterocycles. The first-order valence-corrected chi connectivity index (χ1v) is 10.3. The number of nitrogens with one attached hydrogen (secondary N) is 1. The zero-order valence-electron chi connectivity index (χ0n) is 16.8. The third-order valence-electron chi connectivity index (χ3n) is 5.25. The Labute approximate surface area is 169 Å². The number of hydrogen-bond acceptors (Lipinski definition) is 7. The second-order valence-corrected chi connectivity index (χ2v) is 8.41. The molecule has 8 heteroatoms. The summed E-state index contributed by atoms with van der Waals surface area (Å²) in [6, 6.07) is 6.02. The van der Waals surface area contributed by atoms with Gasteiger partial charge < -0.3 is 10.1 Å². The average Bonchev–Trinajstić information content (AvgIpc) is 3.17. The molecule has 1 atom stereocenters. The van der Waals surface area contributed by atoms with Crippen molar-refractivity contribution >= 4 is 22.3 Å². The van der Waals surface area contributed by atoms with Crippen LogP contribution in [0.5, 0.6) is 0 Å². The van der Waals surface area contributed by atoms with Crippen LogP contribution in [0, 0.1) is 20.8 Å². The molecule has 0 aliphatic carbocycles. The number of hydrogen-bond donors (Lipinski definition) is 1. The van der Waals surface area contributed by atoms with Gasteiger partial charge in [-0.05, 0) is 32.9 Å². The Kier molecular flexibility index (Phi) is 5.43. The van der Waals surface area contributed by atoms with Crippen molar-refractivity contribution < 1.29 is 4.74 Å². The molecule has 0 aromatic carbocycles. The van der Waals surface area contributed by atoms with Crippen LogP contribution in [0.15, 0.2) is 24.4 Å². The van der Waals surface area contributed by atoms with Gasteiger partial charge in [-0.2, -0.15) is 5.10 Å². The first kappa shape index (κ1) is 19.0. The summed E-state index contributed by atoms with van der Waals surface area (Å²) in [4.78, 5) is 12.9. The van der Waals surface area contributed by atoms with Crippen LogP contribution in [0.4, 0.5) is 10.9 Å². The Morgan fingerprint density at radius 1 is 1.25 bits per heavy atom. The van der Waals surface area contributed by atoms with Crippen molar-refractivity contribution in [2.45, 2.75) is 33.4 Å². The summed E-state index contributed by atoms with van der Waals surface area (Å²) >= 11 is 1.65. The van der Waals surface area contributed by atoms with Gasteiger partial charge in [-0.1, -0.05) is 6.07 Å². The third kappa shape index (κ3) is 4.09. The molecule has 1 saturated heterocycles. The number of rotatable bonds is 5. The molecule has 3 aromatic heterocycles. The highest BCUT2D eigenvalue weighted by Gasteiger charge is 2.24. The van der Waals surface area contributed by atoms with Gasteiger partial charge in [0.15, 0.2) is 5.13 Å². The maximum atomic E-state index is 6.03.